The minimum Gasteiger partial charge on any atom is -0.495 e. The third kappa shape index (κ3) is 5.95. The average molecular weight is 444 g/mol. The lowest BCUT2D eigenvalue weighted by Crippen LogP contribution is -2.15. The van der Waals surface area contributed by atoms with Crippen LogP contribution >= 0.6 is 11.8 Å². The summed E-state index contributed by atoms with van der Waals surface area (Å²) in [6, 6.07) is 9.70. The van der Waals surface area contributed by atoms with Crippen LogP contribution < -0.4 is 14.8 Å². The minimum atomic E-state index is -0.552. The van der Waals surface area contributed by atoms with Crippen molar-refractivity contribution in [3.8, 4) is 11.5 Å². The summed E-state index contributed by atoms with van der Waals surface area (Å²) in [6.07, 6.45) is 0. The third-order valence-corrected chi connectivity index (χ3v) is 5.10. The van der Waals surface area contributed by atoms with Crippen molar-refractivity contribution in [2.75, 3.05) is 18.2 Å². The monoisotopic (exact) mass is 444 g/mol. The highest BCUT2D eigenvalue weighted by molar-refractivity contribution is 7.99. The van der Waals surface area contributed by atoms with E-state index in [4.69, 9.17) is 13.9 Å². The maximum Gasteiger partial charge on any atom is 0.277 e. The molecule has 0 atom stereocenters. The summed E-state index contributed by atoms with van der Waals surface area (Å²) in [6.45, 7) is 4.12. The van der Waals surface area contributed by atoms with Gasteiger partial charge in [-0.3, -0.25) is 14.9 Å². The molecule has 3 rings (SSSR count). The zero-order chi connectivity index (χ0) is 22.4. The van der Waals surface area contributed by atoms with Crippen LogP contribution in [-0.2, 0) is 11.4 Å². The van der Waals surface area contributed by atoms with Crippen LogP contribution in [0.2, 0.25) is 0 Å². The van der Waals surface area contributed by atoms with E-state index in [1.54, 1.807) is 0 Å². The van der Waals surface area contributed by atoms with Crippen molar-refractivity contribution >= 4 is 29.0 Å². The van der Waals surface area contributed by atoms with Crippen LogP contribution in [0.25, 0.3) is 0 Å². The number of hydrogen-bond acceptors (Lipinski definition) is 9. The number of aryl methyl sites for hydroxylation is 2. The van der Waals surface area contributed by atoms with Gasteiger partial charge in [0.05, 0.1) is 23.5 Å². The van der Waals surface area contributed by atoms with Gasteiger partial charge >= 0.3 is 0 Å². The van der Waals surface area contributed by atoms with Crippen molar-refractivity contribution in [1.29, 1.82) is 0 Å². The van der Waals surface area contributed by atoms with Gasteiger partial charge in [0.25, 0.3) is 16.8 Å². The predicted octanol–water partition coefficient (Wildman–Crippen LogP) is 3.91. The van der Waals surface area contributed by atoms with Crippen LogP contribution in [0.15, 0.2) is 46.0 Å². The predicted molar refractivity (Wildman–Crippen MR) is 114 cm³/mol. The number of nitro benzene ring substituents is 1. The molecule has 1 N–H and O–H groups in total. The second-order valence-corrected chi connectivity index (χ2v) is 7.40. The average Bonchev–Trinajstić information content (AvgIpc) is 3.21. The molecule has 0 fully saturated rings. The molecule has 0 bridgehead atoms. The number of aromatic nitrogens is 2. The van der Waals surface area contributed by atoms with Crippen molar-refractivity contribution in [2.24, 2.45) is 0 Å². The number of rotatable bonds is 9. The molecule has 2 aromatic carbocycles. The highest BCUT2D eigenvalue weighted by Crippen LogP contribution is 2.29. The Morgan fingerprint density at radius 2 is 2.00 bits per heavy atom. The molecule has 1 heterocycles. The van der Waals surface area contributed by atoms with E-state index in [-0.39, 0.29) is 34.8 Å². The molecule has 1 aromatic heterocycles. The Labute approximate surface area is 182 Å². The SMILES string of the molecule is COc1ccc([N+](=O)[O-])cc1NC(=O)CSc1nnc(COc2ccc(C)c(C)c2)o1. The van der Waals surface area contributed by atoms with Gasteiger partial charge in [-0.05, 0) is 43.2 Å². The van der Waals surface area contributed by atoms with Gasteiger partial charge in [-0.25, -0.2) is 0 Å². The molecule has 0 aliphatic rings. The van der Waals surface area contributed by atoms with Crippen molar-refractivity contribution in [3.63, 3.8) is 0 Å². The van der Waals surface area contributed by atoms with Crippen LogP contribution in [-0.4, -0.2) is 33.9 Å². The van der Waals surface area contributed by atoms with Crippen LogP contribution in [0, 0.1) is 24.0 Å². The molecule has 0 spiro atoms. The number of ether oxygens (including phenoxy) is 2. The first kappa shape index (κ1) is 22.1. The molecule has 1 amide bonds. The maximum atomic E-state index is 12.2. The minimum absolute atomic E-state index is 0.0362. The van der Waals surface area contributed by atoms with Gasteiger partial charge in [0, 0.05) is 12.1 Å². The van der Waals surface area contributed by atoms with Crippen molar-refractivity contribution in [3.05, 3.63) is 63.5 Å². The number of methoxy groups -OCH3 is 1. The number of hydrogen-bond donors (Lipinski definition) is 1. The highest BCUT2D eigenvalue weighted by atomic mass is 32.2. The molecule has 3 aromatic rings. The fourth-order valence-corrected chi connectivity index (χ4v) is 3.10. The summed E-state index contributed by atoms with van der Waals surface area (Å²) in [4.78, 5) is 22.6. The molecular weight excluding hydrogens is 424 g/mol. The molecule has 0 radical (unpaired) electrons. The number of anilines is 1. The zero-order valence-electron chi connectivity index (χ0n) is 17.1. The Morgan fingerprint density at radius 1 is 1.19 bits per heavy atom. The molecule has 31 heavy (non-hydrogen) atoms. The summed E-state index contributed by atoms with van der Waals surface area (Å²) in [5, 5.41) is 21.5. The number of thioether (sulfide) groups is 1. The van der Waals surface area contributed by atoms with E-state index in [2.05, 4.69) is 15.5 Å². The lowest BCUT2D eigenvalue weighted by Gasteiger charge is -2.09. The first-order chi connectivity index (χ1) is 14.9. The third-order valence-electron chi connectivity index (χ3n) is 4.28. The van der Waals surface area contributed by atoms with Crippen molar-refractivity contribution in [1.82, 2.24) is 10.2 Å². The Balaban J connectivity index is 1.53. The first-order valence-corrected chi connectivity index (χ1v) is 10.1. The number of nitrogens with zero attached hydrogens (tertiary/aromatic N) is 3. The van der Waals surface area contributed by atoms with E-state index in [9.17, 15) is 14.9 Å². The van der Waals surface area contributed by atoms with Gasteiger partial charge in [0.2, 0.25) is 5.91 Å². The van der Waals surface area contributed by atoms with Gasteiger partial charge in [-0.15, -0.1) is 10.2 Å². The van der Waals surface area contributed by atoms with Crippen LogP contribution in [0.5, 0.6) is 11.5 Å². The molecule has 0 aliphatic carbocycles. The first-order valence-electron chi connectivity index (χ1n) is 9.13. The highest BCUT2D eigenvalue weighted by Gasteiger charge is 2.15. The molecule has 162 valence electrons. The number of carbonyl (C=O) groups is 1. The molecule has 0 saturated carbocycles. The molecule has 10 nitrogen and oxygen atoms in total. The van der Waals surface area contributed by atoms with E-state index >= 15 is 0 Å². The van der Waals surface area contributed by atoms with Gasteiger partial charge in [0.1, 0.15) is 11.5 Å². The Morgan fingerprint density at radius 3 is 2.71 bits per heavy atom. The zero-order valence-corrected chi connectivity index (χ0v) is 17.9. The molecule has 0 aliphatic heterocycles. The summed E-state index contributed by atoms with van der Waals surface area (Å²) in [5.41, 5.74) is 2.33. The second kappa shape index (κ2) is 9.94. The van der Waals surface area contributed by atoms with Crippen LogP contribution in [0.3, 0.4) is 0 Å². The standard InChI is InChI=1S/C20H20N4O6S/c1-12-4-6-15(8-13(12)2)29-10-19-22-23-20(30-19)31-11-18(25)21-16-9-14(24(26)27)5-7-17(16)28-3/h4-9H,10-11H2,1-3H3,(H,21,25). The van der Waals surface area contributed by atoms with Crippen molar-refractivity contribution in [2.45, 2.75) is 25.7 Å². The van der Waals surface area contributed by atoms with Gasteiger partial charge in [-0.1, -0.05) is 17.8 Å². The van der Waals surface area contributed by atoms with E-state index in [0.717, 1.165) is 17.3 Å². The number of carbonyl (C=O) groups excluding carboxylic acids is 1. The van der Waals surface area contributed by atoms with Gasteiger partial charge < -0.3 is 19.2 Å². The van der Waals surface area contributed by atoms with E-state index in [1.807, 2.05) is 32.0 Å². The lowest BCUT2D eigenvalue weighted by atomic mass is 10.1. The Hall–Kier alpha value is -3.60. The molecular formula is C20H20N4O6S. The Kier molecular flexibility index (Phi) is 7.08. The lowest BCUT2D eigenvalue weighted by molar-refractivity contribution is -0.384. The number of nitrogens with one attached hydrogen (secondary N) is 1. The van der Waals surface area contributed by atoms with Gasteiger partial charge in [0.15, 0.2) is 6.61 Å². The molecule has 0 saturated heterocycles. The fraction of sp³-hybridized carbons (Fsp3) is 0.250. The van der Waals surface area contributed by atoms with Gasteiger partial charge in [-0.2, -0.15) is 0 Å². The smallest absolute Gasteiger partial charge is 0.277 e. The van der Waals surface area contributed by atoms with Crippen LogP contribution in [0.4, 0.5) is 11.4 Å². The van der Waals surface area contributed by atoms with E-state index < -0.39 is 10.8 Å². The summed E-state index contributed by atoms with van der Waals surface area (Å²) in [5.74, 6) is 0.843. The maximum absolute atomic E-state index is 12.2. The van der Waals surface area contributed by atoms with E-state index in [0.29, 0.717) is 11.5 Å². The quantitative estimate of drug-likeness (QED) is 0.296. The second-order valence-electron chi connectivity index (χ2n) is 6.47. The normalized spacial score (nSPS) is 10.5. The van der Waals surface area contributed by atoms with E-state index in [1.165, 1.54) is 30.9 Å². The number of non-ortho nitro benzene ring substituents is 1. The summed E-state index contributed by atoms with van der Waals surface area (Å²) < 4.78 is 16.3. The number of benzene rings is 2. The largest absolute Gasteiger partial charge is 0.495 e. The summed E-state index contributed by atoms with van der Waals surface area (Å²) >= 11 is 1.04. The number of amides is 1. The molecule has 11 heteroatoms. The topological polar surface area (TPSA) is 130 Å². The summed E-state index contributed by atoms with van der Waals surface area (Å²) in [7, 11) is 1.41. The van der Waals surface area contributed by atoms with Crippen molar-refractivity contribution < 1.29 is 23.6 Å². The number of nitro groups is 1. The Bertz CT molecular complexity index is 1100. The van der Waals surface area contributed by atoms with Crippen LogP contribution in [0.1, 0.15) is 17.0 Å². The fourth-order valence-electron chi connectivity index (χ4n) is 2.52. The molecule has 0 unspecified atom stereocenters.